The van der Waals surface area contributed by atoms with Crippen LogP contribution < -0.4 is 9.88 Å². The molecule has 3 N–H and O–H groups in total. The Hall–Kier alpha value is -1.61. The van der Waals surface area contributed by atoms with Crippen molar-refractivity contribution in [1.82, 2.24) is 0 Å². The Balaban J connectivity index is 2.19. The number of carbonyl (C=O) groups excluding carboxylic acids is 1. The Morgan fingerprint density at radius 3 is 2.52 bits per heavy atom. The molecule has 2 atom stereocenters. The molecule has 0 bridgehead atoms. The Morgan fingerprint density at radius 1 is 1.34 bits per heavy atom. The molecule has 1 aromatic rings. The highest BCUT2D eigenvalue weighted by Crippen LogP contribution is 2.57. The molecule has 2 aliphatic carbocycles. The Kier molecular flexibility index (Phi) is 5.53. The predicted octanol–water partition coefficient (Wildman–Crippen LogP) is 3.55. The number of aliphatic carboxylic acids is 1. The molecule has 0 saturated carbocycles. The number of carboxylic acids is 1. The molecule has 0 amide bonds. The maximum atomic E-state index is 12.0. The van der Waals surface area contributed by atoms with Gasteiger partial charge in [0.05, 0.1) is 5.02 Å². The molecule has 0 heterocycles. The minimum absolute atomic E-state index is 0.00884. The van der Waals surface area contributed by atoms with Crippen molar-refractivity contribution in [2.45, 2.75) is 50.9 Å². The van der Waals surface area contributed by atoms with Crippen molar-refractivity contribution in [3.05, 3.63) is 33.3 Å². The molecular weight excluding hydrogens is 441 g/mol. The maximum absolute atomic E-state index is 12.0. The van der Waals surface area contributed by atoms with E-state index in [0.717, 1.165) is 17.6 Å². The second-order valence-electron chi connectivity index (χ2n) is 7.43. The third kappa shape index (κ3) is 3.26. The van der Waals surface area contributed by atoms with E-state index < -0.39 is 27.3 Å². The number of rotatable bonds is 6. The summed E-state index contributed by atoms with van der Waals surface area (Å²) in [5.41, 5.74) is 1.90. The van der Waals surface area contributed by atoms with Crippen molar-refractivity contribution in [1.29, 1.82) is 0 Å². The number of sulfonamides is 1. The fourth-order valence-corrected chi connectivity index (χ4v) is 5.60. The first-order valence-electron chi connectivity index (χ1n) is 9.13. The number of benzene rings is 1. The monoisotopic (exact) mass is 461 g/mol. The number of carbonyl (C=O) groups is 2. The van der Waals surface area contributed by atoms with Gasteiger partial charge in [0.2, 0.25) is 0 Å². The van der Waals surface area contributed by atoms with Gasteiger partial charge in [-0.3, -0.25) is 4.79 Å². The lowest BCUT2D eigenvalue weighted by Crippen LogP contribution is -2.54. The summed E-state index contributed by atoms with van der Waals surface area (Å²) in [4.78, 5) is 21.1. The van der Waals surface area contributed by atoms with Gasteiger partial charge in [0.1, 0.15) is 10.8 Å². The van der Waals surface area contributed by atoms with Gasteiger partial charge in [-0.2, -0.15) is 0 Å². The van der Waals surface area contributed by atoms with E-state index in [1.807, 2.05) is 6.92 Å². The highest BCUT2D eigenvalue weighted by atomic mass is 35.5. The number of hydrogen-bond acceptors (Lipinski definition) is 5. The van der Waals surface area contributed by atoms with E-state index in [9.17, 15) is 23.1 Å². The Morgan fingerprint density at radius 2 is 2.00 bits per heavy atom. The highest BCUT2D eigenvalue weighted by molar-refractivity contribution is 7.91. The number of nitrogens with two attached hydrogens (primary N) is 1. The van der Waals surface area contributed by atoms with E-state index in [-0.39, 0.29) is 27.0 Å². The van der Waals surface area contributed by atoms with Crippen molar-refractivity contribution in [3.8, 4) is 5.75 Å². The van der Waals surface area contributed by atoms with Gasteiger partial charge >= 0.3 is 10.9 Å². The van der Waals surface area contributed by atoms with Crippen LogP contribution in [0.15, 0.2) is 12.1 Å². The molecule has 1 aromatic carbocycles. The van der Waals surface area contributed by atoms with Gasteiger partial charge < -0.3 is 9.84 Å². The number of fused-ring (bicyclic) bond motifs is 3. The topological polar surface area (TPSA) is 124 Å². The van der Waals surface area contributed by atoms with Crippen molar-refractivity contribution < 1.29 is 27.9 Å². The number of carboxylic acid groups (broad SMARTS) is 1. The lowest BCUT2D eigenvalue weighted by molar-refractivity contribution is -0.148. The summed E-state index contributed by atoms with van der Waals surface area (Å²) in [6.07, 6.45) is 3.59. The molecule has 0 spiro atoms. The van der Waals surface area contributed by atoms with Gasteiger partial charge in [0.25, 0.3) is 10.0 Å². The molecule has 0 aromatic heterocycles. The second kappa shape index (κ2) is 7.27. The van der Waals surface area contributed by atoms with E-state index in [0.29, 0.717) is 24.8 Å². The fourth-order valence-electron chi connectivity index (χ4n) is 4.24. The molecule has 0 saturated heterocycles. The fraction of sp³-hybridized carbons (Fsp3) is 0.474. The summed E-state index contributed by atoms with van der Waals surface area (Å²) in [5.74, 6) is -1.91. The largest absolute Gasteiger partial charge is 0.477 e. The van der Waals surface area contributed by atoms with Crippen molar-refractivity contribution in [2.24, 2.45) is 10.6 Å². The number of halogens is 2. The second-order valence-corrected chi connectivity index (χ2v) is 9.94. The number of hydrogen-bond donors (Lipinski definition) is 2. The smallest absolute Gasteiger partial charge is 0.365 e. The van der Waals surface area contributed by atoms with E-state index in [2.05, 4.69) is 0 Å². The molecule has 3 rings (SSSR count). The van der Waals surface area contributed by atoms with Crippen LogP contribution in [0.5, 0.6) is 5.75 Å². The summed E-state index contributed by atoms with van der Waals surface area (Å²) in [6.45, 7) is 3.36. The zero-order valence-electron chi connectivity index (χ0n) is 15.9. The quantitative estimate of drug-likeness (QED) is 0.667. The van der Waals surface area contributed by atoms with E-state index in [4.69, 9.17) is 33.1 Å². The standard InChI is InChI=1S/C19H21Cl2NO6S/c1-3-18-6-5-11(23)8-12(18)14-10(9-18)7-13(15(20)16(14)21)28-19(4-2,17(24)25)29(22,26)27/h7-8H,3-6,9H2,1-2H3,(H,24,25)(H2,22,26,27). The summed E-state index contributed by atoms with van der Waals surface area (Å²) in [7, 11) is -4.64. The molecule has 2 unspecified atom stereocenters. The van der Waals surface area contributed by atoms with Gasteiger partial charge in [0, 0.05) is 23.8 Å². The lowest BCUT2D eigenvalue weighted by atomic mass is 9.71. The van der Waals surface area contributed by atoms with Crippen LogP contribution in [0.3, 0.4) is 0 Å². The first kappa shape index (κ1) is 22.1. The van der Waals surface area contributed by atoms with E-state index in [1.165, 1.54) is 13.0 Å². The molecule has 2 aliphatic rings. The third-order valence-corrected chi connectivity index (χ3v) is 8.30. The Labute approximate surface area is 178 Å². The lowest BCUT2D eigenvalue weighted by Gasteiger charge is -2.32. The van der Waals surface area contributed by atoms with Crippen molar-refractivity contribution in [3.63, 3.8) is 0 Å². The molecule has 29 heavy (non-hydrogen) atoms. The first-order valence-corrected chi connectivity index (χ1v) is 11.4. The molecule has 158 valence electrons. The third-order valence-electron chi connectivity index (χ3n) is 5.98. The molecule has 0 radical (unpaired) electrons. The minimum atomic E-state index is -4.64. The number of primary sulfonamides is 1. The average Bonchev–Trinajstić information content (AvgIpc) is 2.96. The highest BCUT2D eigenvalue weighted by Gasteiger charge is 2.52. The van der Waals surface area contributed by atoms with Crippen molar-refractivity contribution >= 4 is 50.6 Å². The predicted molar refractivity (Wildman–Crippen MR) is 110 cm³/mol. The molecule has 0 aliphatic heterocycles. The van der Waals surface area contributed by atoms with Gasteiger partial charge in [-0.15, -0.1) is 0 Å². The molecule has 7 nitrogen and oxygen atoms in total. The summed E-state index contributed by atoms with van der Waals surface area (Å²) in [5, 5.41) is 14.7. The number of ketones is 1. The molecule has 10 heteroatoms. The van der Waals surface area contributed by atoms with Crippen LogP contribution in [0.4, 0.5) is 0 Å². The summed E-state index contributed by atoms with van der Waals surface area (Å²) >= 11 is 12.9. The van der Waals surface area contributed by atoms with Crippen LogP contribution in [0.25, 0.3) is 5.57 Å². The number of allylic oxidation sites excluding steroid dienone is 2. The van der Waals surface area contributed by atoms with Crippen LogP contribution in [0.2, 0.25) is 10.0 Å². The normalized spacial score (nSPS) is 23.1. The van der Waals surface area contributed by atoms with E-state index >= 15 is 0 Å². The maximum Gasteiger partial charge on any atom is 0.365 e. The molecule has 0 fully saturated rings. The van der Waals surface area contributed by atoms with Gasteiger partial charge in [-0.05, 0) is 42.5 Å². The van der Waals surface area contributed by atoms with Crippen LogP contribution in [0.1, 0.15) is 50.7 Å². The van der Waals surface area contributed by atoms with E-state index in [1.54, 1.807) is 6.08 Å². The van der Waals surface area contributed by atoms with Gasteiger partial charge in [-0.1, -0.05) is 37.0 Å². The molecular formula is C19H21Cl2NO6S. The zero-order chi connectivity index (χ0) is 21.8. The van der Waals surface area contributed by atoms with Crippen LogP contribution >= 0.6 is 23.2 Å². The Bertz CT molecular complexity index is 1050. The number of ether oxygens (including phenoxy) is 1. The average molecular weight is 462 g/mol. The van der Waals surface area contributed by atoms with Gasteiger partial charge in [0.15, 0.2) is 5.78 Å². The SMILES string of the molecule is CCC12CCC(=O)C=C1c1c(cc(OC(CC)(C(=O)O)S(N)(=O)=O)c(Cl)c1Cl)C2. The summed E-state index contributed by atoms with van der Waals surface area (Å²) in [6, 6.07) is 1.50. The van der Waals surface area contributed by atoms with Gasteiger partial charge in [-0.25, -0.2) is 18.4 Å². The van der Waals surface area contributed by atoms with Crippen LogP contribution in [-0.4, -0.2) is 30.2 Å². The summed E-state index contributed by atoms with van der Waals surface area (Å²) < 4.78 is 29.5. The first-order chi connectivity index (χ1) is 13.4. The minimum Gasteiger partial charge on any atom is -0.477 e. The van der Waals surface area contributed by atoms with Crippen LogP contribution in [0, 0.1) is 5.41 Å². The van der Waals surface area contributed by atoms with Crippen molar-refractivity contribution in [2.75, 3.05) is 0 Å². The van der Waals surface area contributed by atoms with Crippen LogP contribution in [-0.2, 0) is 26.0 Å². The zero-order valence-corrected chi connectivity index (χ0v) is 18.2.